The first-order chi connectivity index (χ1) is 14.0. The van der Waals surface area contributed by atoms with E-state index in [1.165, 1.54) is 0 Å². The van der Waals surface area contributed by atoms with Gasteiger partial charge < -0.3 is 10.2 Å². The lowest BCUT2D eigenvalue weighted by atomic mass is 10.0. The Labute approximate surface area is 179 Å². The molecule has 1 N–H and O–H groups in total. The largest absolute Gasteiger partial charge is 0.354 e. The molecule has 0 saturated heterocycles. The van der Waals surface area contributed by atoms with E-state index >= 15 is 0 Å². The number of carbonyl (C=O) groups is 2. The molecule has 0 aromatic heterocycles. The normalized spacial score (nSPS) is 11.7. The van der Waals surface area contributed by atoms with Crippen molar-refractivity contribution in [2.75, 3.05) is 6.54 Å². The maximum Gasteiger partial charge on any atom is 0.242 e. The topological polar surface area (TPSA) is 49.4 Å². The molecule has 2 amide bonds. The zero-order valence-corrected chi connectivity index (χ0v) is 18.3. The van der Waals surface area contributed by atoms with E-state index < -0.39 is 6.04 Å². The number of nitrogens with one attached hydrogen (secondary N) is 1. The van der Waals surface area contributed by atoms with Crippen LogP contribution in [-0.4, -0.2) is 29.3 Å². The fraction of sp³-hybridized carbons (Fsp3) is 0.417. The second-order valence-corrected chi connectivity index (χ2v) is 7.76. The molecular weight excluding hydrogens is 384 g/mol. The molecule has 29 heavy (non-hydrogen) atoms. The summed E-state index contributed by atoms with van der Waals surface area (Å²) in [4.78, 5) is 27.8. The lowest BCUT2D eigenvalue weighted by Gasteiger charge is -2.31. The van der Waals surface area contributed by atoms with E-state index in [4.69, 9.17) is 11.6 Å². The molecule has 4 nitrogen and oxygen atoms in total. The summed E-state index contributed by atoms with van der Waals surface area (Å²) in [7, 11) is 0. The second-order valence-electron chi connectivity index (χ2n) is 7.32. The van der Waals surface area contributed by atoms with Gasteiger partial charge in [-0.1, -0.05) is 68.3 Å². The van der Waals surface area contributed by atoms with Crippen LogP contribution in [0.3, 0.4) is 0 Å². The average Bonchev–Trinajstić information content (AvgIpc) is 2.69. The van der Waals surface area contributed by atoms with Gasteiger partial charge in [0.05, 0.1) is 6.42 Å². The third-order valence-corrected chi connectivity index (χ3v) is 5.30. The number of hydrogen-bond acceptors (Lipinski definition) is 2. The highest BCUT2D eigenvalue weighted by molar-refractivity contribution is 6.30. The SMILES string of the molecule is CCCCNC(=O)C(CC)N(Cc1ccccc1C)C(=O)Cc1cccc(Cl)c1. The number of nitrogens with zero attached hydrogens (tertiary/aromatic N) is 1. The van der Waals surface area contributed by atoms with Gasteiger partial charge >= 0.3 is 0 Å². The zero-order valence-electron chi connectivity index (χ0n) is 17.6. The monoisotopic (exact) mass is 414 g/mol. The Bertz CT molecular complexity index is 822. The van der Waals surface area contributed by atoms with Crippen molar-refractivity contribution in [3.63, 3.8) is 0 Å². The first kappa shape index (κ1) is 23.0. The van der Waals surface area contributed by atoms with Crippen LogP contribution >= 0.6 is 11.6 Å². The first-order valence-corrected chi connectivity index (χ1v) is 10.7. The number of unbranched alkanes of at least 4 members (excludes halogenated alkanes) is 1. The first-order valence-electron chi connectivity index (χ1n) is 10.3. The van der Waals surface area contributed by atoms with E-state index in [1.54, 1.807) is 17.0 Å². The van der Waals surface area contributed by atoms with Gasteiger partial charge in [0.15, 0.2) is 0 Å². The standard InChI is InChI=1S/C24H31ClN2O2/c1-4-6-14-26-24(29)22(5-2)27(17-20-12-8-7-10-18(20)3)23(28)16-19-11-9-13-21(25)15-19/h7-13,15,22H,4-6,14,16-17H2,1-3H3,(H,26,29). The summed E-state index contributed by atoms with van der Waals surface area (Å²) in [6.45, 7) is 7.10. The van der Waals surface area contributed by atoms with Crippen LogP contribution in [0.1, 0.15) is 49.8 Å². The van der Waals surface area contributed by atoms with Gasteiger partial charge in [0.25, 0.3) is 0 Å². The van der Waals surface area contributed by atoms with Crippen LogP contribution in [0.2, 0.25) is 5.02 Å². The molecule has 0 bridgehead atoms. The molecular formula is C24H31ClN2O2. The molecule has 1 atom stereocenters. The van der Waals surface area contributed by atoms with Crippen LogP contribution < -0.4 is 5.32 Å². The molecule has 156 valence electrons. The lowest BCUT2D eigenvalue weighted by molar-refractivity contribution is -0.140. The molecule has 1 unspecified atom stereocenters. The van der Waals surface area contributed by atoms with E-state index in [2.05, 4.69) is 12.2 Å². The van der Waals surface area contributed by atoms with E-state index in [-0.39, 0.29) is 18.2 Å². The number of aryl methyl sites for hydroxylation is 1. The minimum atomic E-state index is -0.502. The predicted molar refractivity (Wildman–Crippen MR) is 119 cm³/mol. The summed E-state index contributed by atoms with van der Waals surface area (Å²) in [6, 6.07) is 14.8. The van der Waals surface area contributed by atoms with Crippen molar-refractivity contribution >= 4 is 23.4 Å². The van der Waals surface area contributed by atoms with Crippen molar-refractivity contribution in [1.29, 1.82) is 0 Å². The number of benzene rings is 2. The van der Waals surface area contributed by atoms with Crippen molar-refractivity contribution in [2.45, 2.75) is 59.0 Å². The summed E-state index contributed by atoms with van der Waals surface area (Å²) >= 11 is 6.08. The maximum absolute atomic E-state index is 13.3. The van der Waals surface area contributed by atoms with Gasteiger partial charge in [-0.05, 0) is 48.6 Å². The summed E-state index contributed by atoms with van der Waals surface area (Å²) in [5, 5.41) is 3.59. The van der Waals surface area contributed by atoms with Crippen molar-refractivity contribution in [3.8, 4) is 0 Å². The lowest BCUT2D eigenvalue weighted by Crippen LogP contribution is -2.49. The Morgan fingerprint density at radius 3 is 2.52 bits per heavy atom. The third-order valence-electron chi connectivity index (χ3n) is 5.06. The number of amides is 2. The summed E-state index contributed by atoms with van der Waals surface area (Å²) < 4.78 is 0. The van der Waals surface area contributed by atoms with Crippen molar-refractivity contribution in [2.24, 2.45) is 0 Å². The minimum absolute atomic E-state index is 0.0759. The Morgan fingerprint density at radius 1 is 1.10 bits per heavy atom. The number of hydrogen-bond donors (Lipinski definition) is 1. The summed E-state index contributed by atoms with van der Waals surface area (Å²) in [5.74, 6) is -0.165. The Kier molecular flexibility index (Phi) is 9.20. The fourth-order valence-electron chi connectivity index (χ4n) is 3.32. The predicted octanol–water partition coefficient (Wildman–Crippen LogP) is 4.91. The molecule has 0 aliphatic heterocycles. The molecule has 0 aliphatic carbocycles. The molecule has 2 aromatic carbocycles. The molecule has 0 fully saturated rings. The quantitative estimate of drug-likeness (QED) is 0.561. The average molecular weight is 415 g/mol. The van der Waals surface area contributed by atoms with Crippen LogP contribution in [-0.2, 0) is 22.6 Å². The number of halogens is 1. The van der Waals surface area contributed by atoms with Gasteiger partial charge in [-0.3, -0.25) is 9.59 Å². The fourth-order valence-corrected chi connectivity index (χ4v) is 3.53. The van der Waals surface area contributed by atoms with Gasteiger partial charge in [-0.25, -0.2) is 0 Å². The van der Waals surface area contributed by atoms with Gasteiger partial charge in [0.2, 0.25) is 11.8 Å². The van der Waals surface area contributed by atoms with Crippen LogP contribution in [0.15, 0.2) is 48.5 Å². The van der Waals surface area contributed by atoms with Crippen molar-refractivity contribution < 1.29 is 9.59 Å². The van der Waals surface area contributed by atoms with Crippen molar-refractivity contribution in [1.82, 2.24) is 10.2 Å². The molecule has 0 saturated carbocycles. The van der Waals surface area contributed by atoms with Crippen LogP contribution in [0, 0.1) is 6.92 Å². The summed E-state index contributed by atoms with van der Waals surface area (Å²) in [6.07, 6.45) is 2.71. The molecule has 2 aromatic rings. The molecule has 5 heteroatoms. The Hall–Kier alpha value is -2.33. The molecule has 0 radical (unpaired) electrons. The van der Waals surface area contributed by atoms with Crippen LogP contribution in [0.5, 0.6) is 0 Å². The van der Waals surface area contributed by atoms with E-state index in [0.29, 0.717) is 24.5 Å². The minimum Gasteiger partial charge on any atom is -0.354 e. The second kappa shape index (κ2) is 11.6. The molecule has 0 heterocycles. The van der Waals surface area contributed by atoms with Crippen molar-refractivity contribution in [3.05, 3.63) is 70.2 Å². The molecule has 0 spiro atoms. The molecule has 2 rings (SSSR count). The van der Waals surface area contributed by atoms with E-state index in [1.807, 2.05) is 50.2 Å². The van der Waals surface area contributed by atoms with Gasteiger partial charge in [-0.15, -0.1) is 0 Å². The number of carbonyl (C=O) groups excluding carboxylic acids is 2. The Morgan fingerprint density at radius 2 is 1.86 bits per heavy atom. The molecule has 0 aliphatic rings. The summed E-state index contributed by atoms with van der Waals surface area (Å²) in [5.41, 5.74) is 3.00. The highest BCUT2D eigenvalue weighted by atomic mass is 35.5. The number of rotatable bonds is 10. The maximum atomic E-state index is 13.3. The van der Waals surface area contributed by atoms with Gasteiger partial charge in [-0.2, -0.15) is 0 Å². The smallest absolute Gasteiger partial charge is 0.242 e. The van der Waals surface area contributed by atoms with Crippen LogP contribution in [0.25, 0.3) is 0 Å². The highest BCUT2D eigenvalue weighted by Crippen LogP contribution is 2.18. The third kappa shape index (κ3) is 6.90. The van der Waals surface area contributed by atoms with E-state index in [9.17, 15) is 9.59 Å². The zero-order chi connectivity index (χ0) is 21.2. The van der Waals surface area contributed by atoms with Gasteiger partial charge in [0, 0.05) is 18.1 Å². The van der Waals surface area contributed by atoms with Gasteiger partial charge in [0.1, 0.15) is 6.04 Å². The van der Waals surface area contributed by atoms with E-state index in [0.717, 1.165) is 29.5 Å². The highest BCUT2D eigenvalue weighted by Gasteiger charge is 2.28. The van der Waals surface area contributed by atoms with Crippen LogP contribution in [0.4, 0.5) is 0 Å². The Balaban J connectivity index is 2.26.